The maximum atomic E-state index is 11.0. The fourth-order valence-corrected chi connectivity index (χ4v) is 0.626. The fraction of sp³-hybridized carbons (Fsp3) is 0.333. The Bertz CT molecular complexity index is 270. The number of nitrogens with one attached hydrogen (secondary N) is 1. The van der Waals surface area contributed by atoms with E-state index in [0.717, 1.165) is 0 Å². The van der Waals surface area contributed by atoms with Gasteiger partial charge in [0.2, 0.25) is 0 Å². The van der Waals surface area contributed by atoms with Gasteiger partial charge in [-0.05, 0) is 6.92 Å². The highest BCUT2D eigenvalue weighted by atomic mass is 16.5. The summed E-state index contributed by atoms with van der Waals surface area (Å²) in [5, 5.41) is 2.38. The van der Waals surface area contributed by atoms with Gasteiger partial charge in [-0.1, -0.05) is 13.2 Å². The van der Waals surface area contributed by atoms with Crippen molar-refractivity contribution < 1.29 is 19.1 Å². The van der Waals surface area contributed by atoms with Crippen molar-refractivity contribution in [1.82, 2.24) is 5.32 Å². The third kappa shape index (κ3) is 3.75. The second-order valence-electron chi connectivity index (χ2n) is 2.29. The van der Waals surface area contributed by atoms with E-state index in [0.29, 0.717) is 0 Å². The standard InChI is InChI=1S/C9H13NO4/c1-5-14-9(12)7(3)10-6(2)8(11)13-4/h10H,2-3,5H2,1,4H3. The molecule has 0 radical (unpaired) electrons. The molecule has 0 unspecified atom stereocenters. The number of esters is 2. The zero-order valence-electron chi connectivity index (χ0n) is 8.25. The lowest BCUT2D eigenvalue weighted by Crippen LogP contribution is -2.25. The van der Waals surface area contributed by atoms with Crippen molar-refractivity contribution in [1.29, 1.82) is 0 Å². The van der Waals surface area contributed by atoms with E-state index in [2.05, 4.69) is 27.9 Å². The molecule has 0 aliphatic rings. The van der Waals surface area contributed by atoms with E-state index in [9.17, 15) is 9.59 Å². The van der Waals surface area contributed by atoms with Crippen LogP contribution >= 0.6 is 0 Å². The van der Waals surface area contributed by atoms with Crippen molar-refractivity contribution in [2.24, 2.45) is 0 Å². The summed E-state index contributed by atoms with van der Waals surface area (Å²) in [5.74, 6) is -1.28. The Kier molecular flexibility index (Phi) is 5.06. The number of methoxy groups -OCH3 is 1. The molecule has 0 saturated heterocycles. The van der Waals surface area contributed by atoms with Gasteiger partial charge >= 0.3 is 11.9 Å². The highest BCUT2D eigenvalue weighted by Crippen LogP contribution is 1.96. The van der Waals surface area contributed by atoms with Gasteiger partial charge in [0.25, 0.3) is 0 Å². The first-order valence-corrected chi connectivity index (χ1v) is 3.93. The number of carbonyl (C=O) groups excluding carboxylic acids is 2. The molecule has 0 aromatic rings. The van der Waals surface area contributed by atoms with Gasteiger partial charge in [0.05, 0.1) is 13.7 Å². The van der Waals surface area contributed by atoms with Crippen molar-refractivity contribution in [3.05, 3.63) is 24.6 Å². The van der Waals surface area contributed by atoms with Crippen LogP contribution in [-0.2, 0) is 19.1 Å². The molecular weight excluding hydrogens is 186 g/mol. The second-order valence-corrected chi connectivity index (χ2v) is 2.29. The van der Waals surface area contributed by atoms with Crippen LogP contribution in [0.1, 0.15) is 6.92 Å². The summed E-state index contributed by atoms with van der Waals surface area (Å²) >= 11 is 0. The van der Waals surface area contributed by atoms with Gasteiger partial charge in [-0.3, -0.25) is 0 Å². The number of hydrogen-bond donors (Lipinski definition) is 1. The molecule has 0 bridgehead atoms. The number of hydrogen-bond acceptors (Lipinski definition) is 5. The molecule has 14 heavy (non-hydrogen) atoms. The summed E-state index contributed by atoms with van der Waals surface area (Å²) in [6.07, 6.45) is 0. The number of carbonyl (C=O) groups is 2. The van der Waals surface area contributed by atoms with Gasteiger partial charge in [-0.2, -0.15) is 0 Å². The minimum Gasteiger partial charge on any atom is -0.464 e. The Morgan fingerprint density at radius 3 is 2.14 bits per heavy atom. The van der Waals surface area contributed by atoms with E-state index in [4.69, 9.17) is 0 Å². The first-order valence-electron chi connectivity index (χ1n) is 3.93. The van der Waals surface area contributed by atoms with Crippen LogP contribution in [0, 0.1) is 0 Å². The molecule has 0 rings (SSSR count). The van der Waals surface area contributed by atoms with Gasteiger partial charge in [-0.15, -0.1) is 0 Å². The lowest BCUT2D eigenvalue weighted by molar-refractivity contribution is -0.139. The van der Waals surface area contributed by atoms with Crippen LogP contribution in [0.4, 0.5) is 0 Å². The maximum Gasteiger partial charge on any atom is 0.354 e. The number of rotatable bonds is 5. The van der Waals surface area contributed by atoms with Gasteiger partial charge in [0, 0.05) is 0 Å². The molecule has 0 aliphatic carbocycles. The number of ether oxygens (including phenoxy) is 2. The minimum absolute atomic E-state index is 0.0535. The quantitative estimate of drug-likeness (QED) is 0.511. The average Bonchev–Trinajstić information content (AvgIpc) is 2.16. The van der Waals surface area contributed by atoms with Crippen LogP contribution in [0.3, 0.4) is 0 Å². The summed E-state index contributed by atoms with van der Waals surface area (Å²) in [4.78, 5) is 21.9. The van der Waals surface area contributed by atoms with Gasteiger partial charge in [-0.25, -0.2) is 9.59 Å². The summed E-state index contributed by atoms with van der Waals surface area (Å²) in [5.41, 5.74) is -0.118. The Labute approximate surface area is 82.4 Å². The van der Waals surface area contributed by atoms with Gasteiger partial charge < -0.3 is 14.8 Å². The molecule has 1 N–H and O–H groups in total. The smallest absolute Gasteiger partial charge is 0.354 e. The maximum absolute atomic E-state index is 11.0. The zero-order chi connectivity index (χ0) is 11.1. The molecule has 0 fully saturated rings. The van der Waals surface area contributed by atoms with E-state index in [1.54, 1.807) is 6.92 Å². The molecule has 0 amide bonds. The van der Waals surface area contributed by atoms with E-state index in [-0.39, 0.29) is 18.0 Å². The SMILES string of the molecule is C=C(NC(=C)C(=O)OCC)C(=O)OC. The first-order chi connectivity index (χ1) is 6.52. The molecule has 0 spiro atoms. The Hall–Kier alpha value is -1.78. The molecule has 0 aromatic heterocycles. The Morgan fingerprint density at radius 2 is 1.71 bits per heavy atom. The third-order valence-corrected chi connectivity index (χ3v) is 1.26. The molecule has 5 nitrogen and oxygen atoms in total. The van der Waals surface area contributed by atoms with Crippen molar-refractivity contribution in [2.45, 2.75) is 6.92 Å². The van der Waals surface area contributed by atoms with E-state index in [1.807, 2.05) is 0 Å². The lowest BCUT2D eigenvalue weighted by Gasteiger charge is -2.08. The largest absolute Gasteiger partial charge is 0.464 e. The van der Waals surface area contributed by atoms with Gasteiger partial charge in [0.15, 0.2) is 0 Å². The van der Waals surface area contributed by atoms with E-state index < -0.39 is 11.9 Å². The zero-order valence-corrected chi connectivity index (χ0v) is 8.25. The summed E-state index contributed by atoms with van der Waals surface area (Å²) in [7, 11) is 1.21. The van der Waals surface area contributed by atoms with Crippen molar-refractivity contribution in [3.63, 3.8) is 0 Å². The van der Waals surface area contributed by atoms with E-state index >= 15 is 0 Å². The predicted octanol–water partition coefficient (Wildman–Crippen LogP) is 0.339. The van der Waals surface area contributed by atoms with Crippen LogP contribution in [0.2, 0.25) is 0 Å². The fourth-order valence-electron chi connectivity index (χ4n) is 0.626. The van der Waals surface area contributed by atoms with E-state index in [1.165, 1.54) is 7.11 Å². The van der Waals surface area contributed by atoms with Crippen LogP contribution in [0.15, 0.2) is 24.6 Å². The molecule has 0 aromatic carbocycles. The van der Waals surface area contributed by atoms with Crippen molar-refractivity contribution in [2.75, 3.05) is 13.7 Å². The normalized spacial score (nSPS) is 8.71. The van der Waals surface area contributed by atoms with Gasteiger partial charge in [0.1, 0.15) is 11.4 Å². The second kappa shape index (κ2) is 5.80. The first kappa shape index (κ1) is 12.2. The molecule has 0 saturated carbocycles. The summed E-state index contributed by atoms with van der Waals surface area (Å²) in [6, 6.07) is 0. The summed E-state index contributed by atoms with van der Waals surface area (Å²) < 4.78 is 8.98. The van der Waals surface area contributed by atoms with Crippen LogP contribution in [0.5, 0.6) is 0 Å². The Morgan fingerprint density at radius 1 is 1.21 bits per heavy atom. The van der Waals surface area contributed by atoms with Crippen molar-refractivity contribution in [3.8, 4) is 0 Å². The monoisotopic (exact) mass is 199 g/mol. The van der Waals surface area contributed by atoms with Crippen LogP contribution < -0.4 is 5.32 Å². The lowest BCUT2D eigenvalue weighted by atomic mass is 10.4. The highest BCUT2D eigenvalue weighted by molar-refractivity contribution is 5.92. The third-order valence-electron chi connectivity index (χ3n) is 1.26. The molecule has 0 aliphatic heterocycles. The molecule has 0 heterocycles. The van der Waals surface area contributed by atoms with Crippen LogP contribution in [0.25, 0.3) is 0 Å². The minimum atomic E-state index is -0.657. The molecule has 0 atom stereocenters. The Balaban J connectivity index is 4.13. The average molecular weight is 199 g/mol. The highest BCUT2D eigenvalue weighted by Gasteiger charge is 2.12. The molecule has 78 valence electrons. The predicted molar refractivity (Wildman–Crippen MR) is 50.1 cm³/mol. The van der Waals surface area contributed by atoms with Crippen LogP contribution in [-0.4, -0.2) is 25.7 Å². The molecule has 5 heteroatoms. The topological polar surface area (TPSA) is 64.6 Å². The summed E-state index contributed by atoms with van der Waals surface area (Å²) in [6.45, 7) is 8.64. The van der Waals surface area contributed by atoms with Crippen molar-refractivity contribution >= 4 is 11.9 Å². The molecular formula is C9H13NO4.